The Kier molecular flexibility index (Phi) is 5.42. The average Bonchev–Trinajstić information content (AvgIpc) is 3.12. The predicted molar refractivity (Wildman–Crippen MR) is 128 cm³/mol. The molecule has 0 radical (unpaired) electrons. The molecule has 0 saturated carbocycles. The summed E-state index contributed by atoms with van der Waals surface area (Å²) in [5, 5.41) is 0. The van der Waals surface area contributed by atoms with Crippen molar-refractivity contribution in [1.29, 1.82) is 0 Å². The quantitative estimate of drug-likeness (QED) is 0.478. The molecule has 1 unspecified atom stereocenters. The molecule has 4 nitrogen and oxygen atoms in total. The van der Waals surface area contributed by atoms with E-state index in [0.717, 1.165) is 55.7 Å². The number of ether oxygens (including phenoxy) is 1. The zero-order valence-corrected chi connectivity index (χ0v) is 19.3. The molecule has 2 aliphatic rings. The first-order valence-corrected chi connectivity index (χ1v) is 11.7. The lowest BCUT2D eigenvalue weighted by molar-refractivity contribution is 0.00691. The normalized spacial score (nSPS) is 18.3. The van der Waals surface area contributed by atoms with Gasteiger partial charge in [0.15, 0.2) is 0 Å². The second-order valence-corrected chi connectivity index (χ2v) is 9.97. The monoisotopic (exact) mass is 428 g/mol. The van der Waals surface area contributed by atoms with Crippen LogP contribution in [0.4, 0.5) is 0 Å². The standard InChI is InChI=1S/C28H32N2O2/c1-28(2,3)32-27(31)24-22-15-10-16-23-26(22)30(25(24)21-13-8-5-9-14-21)18-17-29(23)19-20-11-6-4-7-12-20/h4-9,11-14,23H,10,15-19H2,1-3H3. The number of hydrogen-bond acceptors (Lipinski definition) is 3. The van der Waals surface area contributed by atoms with Crippen molar-refractivity contribution >= 4 is 5.97 Å². The summed E-state index contributed by atoms with van der Waals surface area (Å²) in [6.45, 7) is 8.64. The van der Waals surface area contributed by atoms with Crippen LogP contribution < -0.4 is 0 Å². The molecule has 0 fully saturated rings. The highest BCUT2D eigenvalue weighted by atomic mass is 16.6. The highest BCUT2D eigenvalue weighted by Gasteiger charge is 2.39. The van der Waals surface area contributed by atoms with Crippen molar-refractivity contribution in [3.8, 4) is 11.3 Å². The van der Waals surface area contributed by atoms with Crippen LogP contribution in [0.3, 0.4) is 0 Å². The summed E-state index contributed by atoms with van der Waals surface area (Å²) in [5.41, 5.74) is 6.27. The first-order valence-electron chi connectivity index (χ1n) is 11.7. The molecule has 166 valence electrons. The van der Waals surface area contributed by atoms with E-state index < -0.39 is 5.60 Å². The van der Waals surface area contributed by atoms with Crippen molar-refractivity contribution in [3.63, 3.8) is 0 Å². The summed E-state index contributed by atoms with van der Waals surface area (Å²) in [6, 6.07) is 21.4. The summed E-state index contributed by atoms with van der Waals surface area (Å²) >= 11 is 0. The molecule has 1 aromatic heterocycles. The molecular weight excluding hydrogens is 396 g/mol. The van der Waals surface area contributed by atoms with E-state index in [2.05, 4.69) is 64.1 Å². The summed E-state index contributed by atoms with van der Waals surface area (Å²) in [5.74, 6) is -0.191. The van der Waals surface area contributed by atoms with Gasteiger partial charge in [-0.1, -0.05) is 60.7 Å². The van der Waals surface area contributed by atoms with Gasteiger partial charge in [0, 0.05) is 25.3 Å². The van der Waals surface area contributed by atoms with E-state index in [4.69, 9.17) is 4.74 Å². The molecule has 1 atom stereocenters. The van der Waals surface area contributed by atoms with Gasteiger partial charge in [-0.15, -0.1) is 0 Å². The second kappa shape index (κ2) is 8.25. The van der Waals surface area contributed by atoms with E-state index >= 15 is 0 Å². The fourth-order valence-electron chi connectivity index (χ4n) is 5.36. The molecule has 0 N–H and O–H groups in total. The van der Waals surface area contributed by atoms with E-state index in [0.29, 0.717) is 6.04 Å². The number of rotatable bonds is 4. The Morgan fingerprint density at radius 3 is 2.38 bits per heavy atom. The van der Waals surface area contributed by atoms with Gasteiger partial charge < -0.3 is 9.30 Å². The maximum Gasteiger partial charge on any atom is 0.341 e. The van der Waals surface area contributed by atoms with Gasteiger partial charge >= 0.3 is 5.97 Å². The lowest BCUT2D eigenvalue weighted by Crippen LogP contribution is -2.39. The van der Waals surface area contributed by atoms with Crippen LogP contribution >= 0.6 is 0 Å². The fourth-order valence-corrected chi connectivity index (χ4v) is 5.36. The largest absolute Gasteiger partial charge is 0.456 e. The van der Waals surface area contributed by atoms with Gasteiger partial charge in [0.1, 0.15) is 5.60 Å². The lowest BCUT2D eigenvalue weighted by atomic mass is 9.88. The van der Waals surface area contributed by atoms with E-state index in [1.807, 2.05) is 26.8 Å². The van der Waals surface area contributed by atoms with Crippen molar-refractivity contribution in [2.75, 3.05) is 6.54 Å². The summed E-state index contributed by atoms with van der Waals surface area (Å²) < 4.78 is 8.35. The fraction of sp³-hybridized carbons (Fsp3) is 0.393. The highest BCUT2D eigenvalue weighted by molar-refractivity contribution is 5.99. The smallest absolute Gasteiger partial charge is 0.341 e. The number of aromatic nitrogens is 1. The van der Waals surface area contributed by atoms with Gasteiger partial charge in [-0.3, -0.25) is 4.90 Å². The van der Waals surface area contributed by atoms with Gasteiger partial charge in [-0.05, 0) is 56.7 Å². The molecule has 5 rings (SSSR count). The topological polar surface area (TPSA) is 34.5 Å². The molecule has 2 aromatic carbocycles. The molecule has 3 aromatic rings. The summed E-state index contributed by atoms with van der Waals surface area (Å²) in [6.07, 6.45) is 3.16. The minimum atomic E-state index is -0.520. The van der Waals surface area contributed by atoms with E-state index in [1.165, 1.54) is 16.8 Å². The third-order valence-electron chi connectivity index (χ3n) is 6.56. The van der Waals surface area contributed by atoms with Gasteiger partial charge in [-0.25, -0.2) is 4.79 Å². The zero-order chi connectivity index (χ0) is 22.3. The van der Waals surface area contributed by atoms with Crippen LogP contribution in [-0.4, -0.2) is 27.6 Å². The lowest BCUT2D eigenvalue weighted by Gasteiger charge is -2.40. The maximum atomic E-state index is 13.5. The molecular formula is C28H32N2O2. The SMILES string of the molecule is CC(C)(C)OC(=O)c1c2c3n(c1-c1ccccc1)CCN(Cc1ccccc1)C3CCC2. The first-order chi connectivity index (χ1) is 15.4. The van der Waals surface area contributed by atoms with Crippen molar-refractivity contribution in [2.24, 2.45) is 0 Å². The third kappa shape index (κ3) is 3.88. The molecule has 0 bridgehead atoms. The molecule has 4 heteroatoms. The molecule has 1 aliphatic heterocycles. The number of carbonyl (C=O) groups is 1. The zero-order valence-electron chi connectivity index (χ0n) is 19.3. The molecule has 32 heavy (non-hydrogen) atoms. The van der Waals surface area contributed by atoms with Gasteiger partial charge in [0.05, 0.1) is 17.3 Å². The Balaban J connectivity index is 1.62. The summed E-state index contributed by atoms with van der Waals surface area (Å²) in [4.78, 5) is 16.1. The Morgan fingerprint density at radius 1 is 1.00 bits per heavy atom. The molecule has 1 aliphatic carbocycles. The Bertz CT molecular complexity index is 1110. The minimum Gasteiger partial charge on any atom is -0.456 e. The Morgan fingerprint density at radius 2 is 1.69 bits per heavy atom. The van der Waals surface area contributed by atoms with Crippen molar-refractivity contribution < 1.29 is 9.53 Å². The molecule has 2 heterocycles. The van der Waals surface area contributed by atoms with Crippen LogP contribution in [0.15, 0.2) is 60.7 Å². The van der Waals surface area contributed by atoms with E-state index in [-0.39, 0.29) is 5.97 Å². The minimum absolute atomic E-state index is 0.191. The van der Waals surface area contributed by atoms with E-state index in [9.17, 15) is 4.79 Å². The van der Waals surface area contributed by atoms with Crippen LogP contribution in [0, 0.1) is 0 Å². The van der Waals surface area contributed by atoms with Crippen molar-refractivity contribution in [1.82, 2.24) is 9.47 Å². The first kappa shape index (κ1) is 21.0. The highest BCUT2D eigenvalue weighted by Crippen LogP contribution is 2.45. The predicted octanol–water partition coefficient (Wildman–Crippen LogP) is 6.00. The van der Waals surface area contributed by atoms with E-state index in [1.54, 1.807) is 0 Å². The number of carbonyl (C=O) groups excluding carboxylic acids is 1. The number of hydrogen-bond donors (Lipinski definition) is 0. The summed E-state index contributed by atoms with van der Waals surface area (Å²) in [7, 11) is 0. The number of nitrogens with zero attached hydrogens (tertiary/aromatic N) is 2. The van der Waals surface area contributed by atoms with Crippen molar-refractivity contribution in [2.45, 2.75) is 64.8 Å². The third-order valence-corrected chi connectivity index (χ3v) is 6.56. The second-order valence-electron chi connectivity index (χ2n) is 9.97. The van der Waals surface area contributed by atoms with Crippen molar-refractivity contribution in [3.05, 3.63) is 83.0 Å². The number of esters is 1. The molecule has 0 spiro atoms. The van der Waals surface area contributed by atoms with Crippen LogP contribution in [-0.2, 0) is 24.2 Å². The Hall–Kier alpha value is -2.85. The van der Waals surface area contributed by atoms with Crippen LogP contribution in [0.2, 0.25) is 0 Å². The molecule has 0 amide bonds. The van der Waals surface area contributed by atoms with Crippen LogP contribution in [0.5, 0.6) is 0 Å². The Labute approximate surface area is 190 Å². The van der Waals surface area contributed by atoms with Gasteiger partial charge in [0.25, 0.3) is 0 Å². The average molecular weight is 429 g/mol. The molecule has 0 saturated heterocycles. The van der Waals surface area contributed by atoms with Crippen LogP contribution in [0.1, 0.15) is 66.8 Å². The van der Waals surface area contributed by atoms with Crippen LogP contribution in [0.25, 0.3) is 11.3 Å². The van der Waals surface area contributed by atoms with Gasteiger partial charge in [-0.2, -0.15) is 0 Å². The van der Waals surface area contributed by atoms with Gasteiger partial charge in [0.2, 0.25) is 0 Å². The maximum absolute atomic E-state index is 13.5. The number of benzene rings is 2.